The number of methoxy groups -OCH3 is 1. The zero-order valence-corrected chi connectivity index (χ0v) is 10.4. The first-order chi connectivity index (χ1) is 8.38. The molecule has 0 aromatic rings. The summed E-state index contributed by atoms with van der Waals surface area (Å²) in [5, 5.41) is 11.0. The van der Waals surface area contributed by atoms with E-state index in [0.29, 0.717) is 13.0 Å². The average Bonchev–Trinajstić information content (AvgIpc) is 2.26. The monoisotopic (exact) mass is 268 g/mol. The maximum atomic E-state index is 12.0. The van der Waals surface area contributed by atoms with Gasteiger partial charge in [-0.25, -0.2) is 18.4 Å². The summed E-state index contributed by atoms with van der Waals surface area (Å²) < 4.78 is 28.8. The van der Waals surface area contributed by atoms with Gasteiger partial charge in [0.25, 0.3) is 6.43 Å². The van der Waals surface area contributed by atoms with E-state index in [4.69, 9.17) is 9.84 Å². The second kappa shape index (κ2) is 8.62. The number of carbonyl (C=O) groups is 2. The van der Waals surface area contributed by atoms with E-state index in [1.54, 1.807) is 0 Å². The van der Waals surface area contributed by atoms with E-state index < -0.39 is 31.0 Å². The lowest BCUT2D eigenvalue weighted by atomic mass is 10.1. The molecule has 0 radical (unpaired) electrons. The molecule has 1 atom stereocenters. The fourth-order valence-corrected chi connectivity index (χ4v) is 1.24. The van der Waals surface area contributed by atoms with Gasteiger partial charge >= 0.3 is 12.0 Å². The lowest BCUT2D eigenvalue weighted by Crippen LogP contribution is -2.47. The van der Waals surface area contributed by atoms with Crippen LogP contribution >= 0.6 is 0 Å². The first-order valence-electron chi connectivity index (χ1n) is 5.40. The number of alkyl halides is 2. The van der Waals surface area contributed by atoms with Crippen LogP contribution in [0.4, 0.5) is 13.6 Å². The predicted octanol–water partition coefficient (Wildman–Crippen LogP) is 0.773. The fourth-order valence-electron chi connectivity index (χ4n) is 1.24. The molecule has 2 N–H and O–H groups in total. The van der Waals surface area contributed by atoms with Crippen LogP contribution in [-0.2, 0) is 9.53 Å². The van der Waals surface area contributed by atoms with Crippen LogP contribution in [0.3, 0.4) is 0 Å². The molecule has 0 aliphatic carbocycles. The molecule has 0 rings (SSSR count). The van der Waals surface area contributed by atoms with Gasteiger partial charge in [0.05, 0.1) is 6.54 Å². The van der Waals surface area contributed by atoms with Crippen LogP contribution in [0, 0.1) is 0 Å². The van der Waals surface area contributed by atoms with Crippen molar-refractivity contribution in [2.45, 2.75) is 25.3 Å². The number of carbonyl (C=O) groups excluding carboxylic acids is 1. The third-order valence-corrected chi connectivity index (χ3v) is 2.20. The highest BCUT2D eigenvalue weighted by molar-refractivity contribution is 5.82. The Labute approximate surface area is 104 Å². The molecular weight excluding hydrogens is 250 g/mol. The highest BCUT2D eigenvalue weighted by Crippen LogP contribution is 2.01. The number of aliphatic carboxylic acids is 1. The second-order valence-electron chi connectivity index (χ2n) is 3.75. The molecule has 0 aromatic heterocycles. The van der Waals surface area contributed by atoms with Crippen molar-refractivity contribution in [3.05, 3.63) is 0 Å². The van der Waals surface area contributed by atoms with Crippen molar-refractivity contribution in [3.8, 4) is 0 Å². The van der Waals surface area contributed by atoms with Gasteiger partial charge < -0.3 is 20.1 Å². The van der Waals surface area contributed by atoms with Crippen LogP contribution in [-0.4, -0.2) is 61.8 Å². The number of ether oxygens (including phenoxy) is 1. The molecule has 0 fully saturated rings. The minimum atomic E-state index is -2.66. The third kappa shape index (κ3) is 7.00. The molecule has 0 heterocycles. The largest absolute Gasteiger partial charge is 0.480 e. The number of amides is 2. The van der Waals surface area contributed by atoms with Crippen molar-refractivity contribution in [2.75, 3.05) is 27.3 Å². The summed E-state index contributed by atoms with van der Waals surface area (Å²) in [7, 11) is 2.65. The number of carboxylic acid groups (broad SMARTS) is 1. The Hall–Kier alpha value is -1.44. The minimum absolute atomic E-state index is 0.178. The first-order valence-corrected chi connectivity index (χ1v) is 5.40. The number of halogens is 2. The van der Waals surface area contributed by atoms with Crippen molar-refractivity contribution >= 4 is 12.0 Å². The molecular formula is C10H18F2N2O4. The number of carboxylic acids is 1. The molecule has 106 valence electrons. The second-order valence-corrected chi connectivity index (χ2v) is 3.75. The maximum Gasteiger partial charge on any atom is 0.326 e. The Balaban J connectivity index is 4.22. The third-order valence-electron chi connectivity index (χ3n) is 2.20. The fraction of sp³-hybridized carbons (Fsp3) is 0.800. The van der Waals surface area contributed by atoms with E-state index in [-0.39, 0.29) is 6.42 Å². The zero-order chi connectivity index (χ0) is 14.1. The van der Waals surface area contributed by atoms with Crippen molar-refractivity contribution in [2.24, 2.45) is 0 Å². The molecule has 2 amide bonds. The molecule has 0 bridgehead atoms. The van der Waals surface area contributed by atoms with Crippen molar-refractivity contribution in [1.82, 2.24) is 10.2 Å². The molecule has 8 heteroatoms. The highest BCUT2D eigenvalue weighted by atomic mass is 19.3. The molecule has 6 nitrogen and oxygen atoms in total. The molecule has 0 saturated carbocycles. The summed E-state index contributed by atoms with van der Waals surface area (Å²) in [4.78, 5) is 23.0. The zero-order valence-electron chi connectivity index (χ0n) is 10.4. The average molecular weight is 268 g/mol. The van der Waals surface area contributed by atoms with Crippen LogP contribution in [0.2, 0.25) is 0 Å². The van der Waals surface area contributed by atoms with Crippen LogP contribution < -0.4 is 5.32 Å². The number of nitrogens with zero attached hydrogens (tertiary/aromatic N) is 1. The van der Waals surface area contributed by atoms with E-state index >= 15 is 0 Å². The van der Waals surface area contributed by atoms with E-state index in [2.05, 4.69) is 5.32 Å². The van der Waals surface area contributed by atoms with Gasteiger partial charge in [0.15, 0.2) is 0 Å². The van der Waals surface area contributed by atoms with Gasteiger partial charge in [-0.15, -0.1) is 0 Å². The Kier molecular flexibility index (Phi) is 7.93. The van der Waals surface area contributed by atoms with Gasteiger partial charge in [0.2, 0.25) is 0 Å². The lowest BCUT2D eigenvalue weighted by molar-refractivity contribution is -0.139. The Morgan fingerprint density at radius 1 is 1.44 bits per heavy atom. The summed E-state index contributed by atoms with van der Waals surface area (Å²) in [5.41, 5.74) is 0. The van der Waals surface area contributed by atoms with Gasteiger partial charge in [0.1, 0.15) is 6.04 Å². The maximum absolute atomic E-state index is 12.0. The summed E-state index contributed by atoms with van der Waals surface area (Å²) in [6.45, 7) is -0.372. The van der Waals surface area contributed by atoms with Crippen molar-refractivity contribution < 1.29 is 28.2 Å². The van der Waals surface area contributed by atoms with Crippen molar-refractivity contribution in [3.63, 3.8) is 0 Å². The van der Waals surface area contributed by atoms with E-state index in [9.17, 15) is 18.4 Å². The highest BCUT2D eigenvalue weighted by Gasteiger charge is 2.22. The smallest absolute Gasteiger partial charge is 0.326 e. The van der Waals surface area contributed by atoms with Crippen molar-refractivity contribution in [1.29, 1.82) is 0 Å². The normalized spacial score (nSPS) is 12.3. The number of hydrogen-bond donors (Lipinski definition) is 2. The van der Waals surface area contributed by atoms with E-state index in [0.717, 1.165) is 4.90 Å². The first kappa shape index (κ1) is 16.6. The SMILES string of the molecule is COCCCC(NC(=O)N(C)CC(F)F)C(=O)O. The number of nitrogens with one attached hydrogen (secondary N) is 1. The van der Waals surface area contributed by atoms with Crippen LogP contribution in [0.1, 0.15) is 12.8 Å². The molecule has 0 aromatic carbocycles. The van der Waals surface area contributed by atoms with Gasteiger partial charge in [0, 0.05) is 20.8 Å². The molecule has 0 saturated heterocycles. The van der Waals surface area contributed by atoms with Gasteiger partial charge in [-0.05, 0) is 12.8 Å². The molecule has 0 aliphatic rings. The number of rotatable bonds is 8. The molecule has 18 heavy (non-hydrogen) atoms. The van der Waals surface area contributed by atoms with E-state index in [1.807, 2.05) is 0 Å². The molecule has 0 aliphatic heterocycles. The Morgan fingerprint density at radius 3 is 2.50 bits per heavy atom. The summed E-state index contributed by atoms with van der Waals surface area (Å²) >= 11 is 0. The Morgan fingerprint density at radius 2 is 2.06 bits per heavy atom. The topological polar surface area (TPSA) is 78.9 Å². The van der Waals surface area contributed by atoms with Crippen LogP contribution in [0.15, 0.2) is 0 Å². The molecule has 0 spiro atoms. The number of urea groups is 1. The Bertz CT molecular complexity index is 277. The quantitative estimate of drug-likeness (QED) is 0.637. The summed E-state index contributed by atoms with van der Waals surface area (Å²) in [6, 6.07) is -1.94. The standard InChI is InChI=1S/C10H18F2N2O4/c1-14(6-8(11)12)10(17)13-7(9(15)16)4-3-5-18-2/h7-8H,3-6H2,1-2H3,(H,13,17)(H,15,16). The summed E-state index contributed by atoms with van der Waals surface area (Å²) in [6.07, 6.45) is -2.03. The van der Waals surface area contributed by atoms with E-state index in [1.165, 1.54) is 14.2 Å². The van der Waals surface area contributed by atoms with Crippen LogP contribution in [0.25, 0.3) is 0 Å². The van der Waals surface area contributed by atoms with Crippen LogP contribution in [0.5, 0.6) is 0 Å². The summed E-state index contributed by atoms with van der Waals surface area (Å²) in [5.74, 6) is -1.20. The number of hydrogen-bond acceptors (Lipinski definition) is 3. The predicted molar refractivity (Wildman–Crippen MR) is 59.7 cm³/mol. The minimum Gasteiger partial charge on any atom is -0.480 e. The molecule has 1 unspecified atom stereocenters. The van der Waals surface area contributed by atoms with Gasteiger partial charge in [-0.3, -0.25) is 0 Å². The van der Waals surface area contributed by atoms with Gasteiger partial charge in [-0.2, -0.15) is 0 Å². The van der Waals surface area contributed by atoms with Gasteiger partial charge in [-0.1, -0.05) is 0 Å². The lowest BCUT2D eigenvalue weighted by Gasteiger charge is -2.21.